The largest absolute Gasteiger partial charge is 0.481 e. The average Bonchev–Trinajstić information content (AvgIpc) is 2.71. The quantitative estimate of drug-likeness (QED) is 0.609. The summed E-state index contributed by atoms with van der Waals surface area (Å²) in [7, 11) is 0. The summed E-state index contributed by atoms with van der Waals surface area (Å²) in [6.45, 7) is 3.83. The van der Waals surface area contributed by atoms with Gasteiger partial charge in [0.15, 0.2) is 6.10 Å². The second-order valence-corrected chi connectivity index (χ2v) is 6.19. The van der Waals surface area contributed by atoms with E-state index in [1.165, 1.54) is 5.56 Å². The molecule has 3 aromatic carbocycles. The lowest BCUT2D eigenvalue weighted by Gasteiger charge is -2.15. The van der Waals surface area contributed by atoms with Gasteiger partial charge in [0.05, 0.1) is 0 Å². The molecule has 4 heteroatoms. The van der Waals surface area contributed by atoms with Gasteiger partial charge >= 0.3 is 0 Å². The molecule has 0 heterocycles. The highest BCUT2D eigenvalue weighted by atomic mass is 16.5. The molecule has 0 bridgehead atoms. The Bertz CT molecular complexity index is 858. The molecule has 3 aromatic rings. The van der Waals surface area contributed by atoms with Gasteiger partial charge in [-0.25, -0.2) is 0 Å². The molecule has 0 saturated heterocycles. The number of benzene rings is 3. The van der Waals surface area contributed by atoms with E-state index in [1.54, 1.807) is 19.1 Å². The zero-order chi connectivity index (χ0) is 19.1. The second-order valence-electron chi connectivity index (χ2n) is 6.19. The summed E-state index contributed by atoms with van der Waals surface area (Å²) >= 11 is 0. The van der Waals surface area contributed by atoms with E-state index in [-0.39, 0.29) is 5.91 Å². The Morgan fingerprint density at radius 1 is 0.852 bits per heavy atom. The molecule has 0 aliphatic carbocycles. The Balaban J connectivity index is 1.54. The monoisotopic (exact) mass is 361 g/mol. The number of carbonyl (C=O) groups is 1. The number of rotatable bonds is 7. The van der Waals surface area contributed by atoms with E-state index in [4.69, 9.17) is 9.47 Å². The maximum absolute atomic E-state index is 12.3. The number of hydrogen-bond donors (Lipinski definition) is 1. The van der Waals surface area contributed by atoms with Crippen LogP contribution in [-0.4, -0.2) is 12.0 Å². The van der Waals surface area contributed by atoms with Gasteiger partial charge in [0, 0.05) is 5.69 Å². The molecule has 0 fully saturated rings. The molecule has 0 unspecified atom stereocenters. The van der Waals surface area contributed by atoms with E-state index in [0.717, 1.165) is 12.2 Å². The first-order chi connectivity index (χ1) is 13.1. The first-order valence-corrected chi connectivity index (χ1v) is 9.03. The predicted octanol–water partition coefficient (Wildman–Crippen LogP) is 5.45. The maximum Gasteiger partial charge on any atom is 0.265 e. The molecular weight excluding hydrogens is 338 g/mol. The summed E-state index contributed by atoms with van der Waals surface area (Å²) < 4.78 is 11.5. The Labute approximate surface area is 159 Å². The van der Waals surface area contributed by atoms with Crippen molar-refractivity contribution in [2.75, 3.05) is 5.32 Å². The van der Waals surface area contributed by atoms with Crippen LogP contribution < -0.4 is 14.8 Å². The summed E-state index contributed by atoms with van der Waals surface area (Å²) in [5.74, 6) is 1.96. The Morgan fingerprint density at radius 3 is 2.07 bits per heavy atom. The van der Waals surface area contributed by atoms with Crippen LogP contribution in [0.5, 0.6) is 17.2 Å². The fourth-order valence-corrected chi connectivity index (χ4v) is 2.54. The first-order valence-electron chi connectivity index (χ1n) is 9.03. The van der Waals surface area contributed by atoms with Crippen molar-refractivity contribution in [2.45, 2.75) is 26.4 Å². The minimum Gasteiger partial charge on any atom is -0.481 e. The number of para-hydroxylation sites is 1. The van der Waals surface area contributed by atoms with Crippen molar-refractivity contribution in [1.82, 2.24) is 0 Å². The van der Waals surface area contributed by atoms with Gasteiger partial charge in [-0.05, 0) is 67.4 Å². The van der Waals surface area contributed by atoms with Crippen molar-refractivity contribution in [3.05, 3.63) is 84.4 Å². The number of nitrogens with one attached hydrogen (secondary N) is 1. The van der Waals surface area contributed by atoms with E-state index in [2.05, 4.69) is 12.2 Å². The first kappa shape index (κ1) is 18.5. The minimum atomic E-state index is -0.599. The van der Waals surface area contributed by atoms with Crippen molar-refractivity contribution < 1.29 is 14.3 Å². The minimum absolute atomic E-state index is 0.203. The van der Waals surface area contributed by atoms with Crippen LogP contribution in [0.1, 0.15) is 19.4 Å². The summed E-state index contributed by atoms with van der Waals surface area (Å²) in [4.78, 5) is 12.3. The lowest BCUT2D eigenvalue weighted by Crippen LogP contribution is -2.30. The smallest absolute Gasteiger partial charge is 0.265 e. The van der Waals surface area contributed by atoms with Gasteiger partial charge in [0.1, 0.15) is 17.2 Å². The maximum atomic E-state index is 12.3. The fraction of sp³-hybridized carbons (Fsp3) is 0.174. The zero-order valence-electron chi connectivity index (χ0n) is 15.5. The molecule has 4 nitrogen and oxygen atoms in total. The van der Waals surface area contributed by atoms with Crippen LogP contribution in [0.3, 0.4) is 0 Å². The molecule has 0 spiro atoms. The summed E-state index contributed by atoms with van der Waals surface area (Å²) in [5, 5.41) is 2.86. The molecule has 0 aliphatic rings. The second kappa shape index (κ2) is 8.90. The van der Waals surface area contributed by atoms with Crippen LogP contribution >= 0.6 is 0 Å². The predicted molar refractivity (Wildman–Crippen MR) is 107 cm³/mol. The van der Waals surface area contributed by atoms with Crippen molar-refractivity contribution in [2.24, 2.45) is 0 Å². The van der Waals surface area contributed by atoms with E-state index in [0.29, 0.717) is 17.2 Å². The van der Waals surface area contributed by atoms with E-state index in [9.17, 15) is 4.79 Å². The standard InChI is InChI=1S/C23H23NO3/c1-3-18-9-13-21(14-10-18)26-17(2)23(25)24-19-11-15-22(16-12-19)27-20-7-5-4-6-8-20/h4-17H,3H2,1-2H3,(H,24,25)/t17-/m1/s1. The lowest BCUT2D eigenvalue weighted by molar-refractivity contribution is -0.122. The highest BCUT2D eigenvalue weighted by Gasteiger charge is 2.15. The normalized spacial score (nSPS) is 11.5. The van der Waals surface area contributed by atoms with Gasteiger partial charge in [-0.15, -0.1) is 0 Å². The van der Waals surface area contributed by atoms with E-state index in [1.807, 2.05) is 66.7 Å². The topological polar surface area (TPSA) is 47.6 Å². The number of aryl methyl sites for hydroxylation is 1. The van der Waals surface area contributed by atoms with Crippen LogP contribution in [0.15, 0.2) is 78.9 Å². The van der Waals surface area contributed by atoms with Crippen molar-refractivity contribution >= 4 is 11.6 Å². The molecule has 0 saturated carbocycles. The van der Waals surface area contributed by atoms with Gasteiger partial charge in [-0.3, -0.25) is 4.79 Å². The molecule has 138 valence electrons. The third-order valence-corrected chi connectivity index (χ3v) is 4.11. The van der Waals surface area contributed by atoms with Crippen molar-refractivity contribution in [1.29, 1.82) is 0 Å². The van der Waals surface area contributed by atoms with Crippen LogP contribution in [0.25, 0.3) is 0 Å². The van der Waals surface area contributed by atoms with Crippen LogP contribution in [-0.2, 0) is 11.2 Å². The van der Waals surface area contributed by atoms with E-state index >= 15 is 0 Å². The van der Waals surface area contributed by atoms with Gasteiger partial charge in [0.25, 0.3) is 5.91 Å². The molecule has 0 radical (unpaired) electrons. The number of ether oxygens (including phenoxy) is 2. The highest BCUT2D eigenvalue weighted by Crippen LogP contribution is 2.23. The summed E-state index contributed by atoms with van der Waals surface area (Å²) in [6.07, 6.45) is 0.373. The molecule has 27 heavy (non-hydrogen) atoms. The summed E-state index contributed by atoms with van der Waals surface area (Å²) in [6, 6.07) is 24.6. The van der Waals surface area contributed by atoms with Gasteiger partial charge in [0.2, 0.25) is 0 Å². The number of carbonyl (C=O) groups excluding carboxylic acids is 1. The number of anilines is 1. The van der Waals surface area contributed by atoms with Gasteiger partial charge in [-0.1, -0.05) is 37.3 Å². The molecule has 1 N–H and O–H groups in total. The summed E-state index contributed by atoms with van der Waals surface area (Å²) in [5.41, 5.74) is 1.93. The molecule has 0 aromatic heterocycles. The third-order valence-electron chi connectivity index (χ3n) is 4.11. The fourth-order valence-electron chi connectivity index (χ4n) is 2.54. The molecule has 1 atom stereocenters. The SMILES string of the molecule is CCc1ccc(O[C@H](C)C(=O)Nc2ccc(Oc3ccccc3)cc2)cc1. The van der Waals surface area contributed by atoms with Crippen molar-refractivity contribution in [3.8, 4) is 17.2 Å². The van der Waals surface area contributed by atoms with Crippen LogP contribution in [0, 0.1) is 0 Å². The van der Waals surface area contributed by atoms with Crippen molar-refractivity contribution in [3.63, 3.8) is 0 Å². The van der Waals surface area contributed by atoms with Gasteiger partial charge in [-0.2, -0.15) is 0 Å². The molecular formula is C23H23NO3. The Hall–Kier alpha value is -3.27. The van der Waals surface area contributed by atoms with Crippen LogP contribution in [0.2, 0.25) is 0 Å². The molecule has 1 amide bonds. The lowest BCUT2D eigenvalue weighted by atomic mass is 10.2. The van der Waals surface area contributed by atoms with Gasteiger partial charge < -0.3 is 14.8 Å². The molecule has 0 aliphatic heterocycles. The number of amides is 1. The molecule has 3 rings (SSSR count). The highest BCUT2D eigenvalue weighted by molar-refractivity contribution is 5.94. The van der Waals surface area contributed by atoms with E-state index < -0.39 is 6.10 Å². The average molecular weight is 361 g/mol. The van der Waals surface area contributed by atoms with Crippen LogP contribution in [0.4, 0.5) is 5.69 Å². The Kier molecular flexibility index (Phi) is 6.10. The zero-order valence-corrected chi connectivity index (χ0v) is 15.5. The third kappa shape index (κ3) is 5.35. The number of hydrogen-bond acceptors (Lipinski definition) is 3. The Morgan fingerprint density at radius 2 is 1.44 bits per heavy atom.